The number of nitrogens with zero attached hydrogens (tertiary/aromatic N) is 1. The van der Waals surface area contributed by atoms with E-state index < -0.39 is 23.5 Å². The maximum atomic E-state index is 13.3. The maximum Gasteiger partial charge on any atom is 0.433 e. The molecule has 7 heteroatoms. The van der Waals surface area contributed by atoms with Crippen molar-refractivity contribution in [2.75, 3.05) is 5.32 Å². The van der Waals surface area contributed by atoms with Crippen LogP contribution in [0.5, 0.6) is 0 Å². The van der Waals surface area contributed by atoms with Gasteiger partial charge in [0, 0.05) is 12.1 Å². The van der Waals surface area contributed by atoms with Crippen LogP contribution in [0.2, 0.25) is 0 Å². The summed E-state index contributed by atoms with van der Waals surface area (Å²) in [4.78, 5) is 3.25. The monoisotopic (exact) mass is 288 g/mol. The van der Waals surface area contributed by atoms with Gasteiger partial charge in [0.15, 0.2) is 11.6 Å². The molecular weight excluding hydrogens is 279 g/mol. The molecule has 1 aromatic heterocycles. The van der Waals surface area contributed by atoms with Gasteiger partial charge in [-0.15, -0.1) is 0 Å². The largest absolute Gasteiger partial charge is 0.433 e. The molecule has 0 saturated carbocycles. The Morgan fingerprint density at radius 2 is 1.80 bits per heavy atom. The molecule has 0 bridgehead atoms. The van der Waals surface area contributed by atoms with Crippen LogP contribution in [0.15, 0.2) is 36.5 Å². The highest BCUT2D eigenvalue weighted by atomic mass is 19.4. The first-order chi connectivity index (χ1) is 9.38. The SMILES string of the molecule is Fc1cccc(CNc2ccc(C(F)(F)F)nc2)c1F. The van der Waals surface area contributed by atoms with Crippen LogP contribution in [0.1, 0.15) is 11.3 Å². The van der Waals surface area contributed by atoms with Gasteiger partial charge in [-0.25, -0.2) is 13.8 Å². The number of hydrogen-bond acceptors (Lipinski definition) is 2. The summed E-state index contributed by atoms with van der Waals surface area (Å²) >= 11 is 0. The third kappa shape index (κ3) is 3.23. The topological polar surface area (TPSA) is 24.9 Å². The Hall–Kier alpha value is -2.18. The van der Waals surface area contributed by atoms with Gasteiger partial charge in [0.05, 0.1) is 11.9 Å². The predicted molar refractivity (Wildman–Crippen MR) is 62.9 cm³/mol. The molecule has 0 fully saturated rings. The van der Waals surface area contributed by atoms with E-state index in [4.69, 9.17) is 0 Å². The van der Waals surface area contributed by atoms with Crippen molar-refractivity contribution in [1.29, 1.82) is 0 Å². The van der Waals surface area contributed by atoms with Crippen LogP contribution in [0.25, 0.3) is 0 Å². The molecule has 0 atom stereocenters. The highest BCUT2D eigenvalue weighted by molar-refractivity contribution is 5.42. The summed E-state index contributed by atoms with van der Waals surface area (Å²) in [6.45, 7) is -0.0589. The first-order valence-corrected chi connectivity index (χ1v) is 5.58. The molecule has 1 heterocycles. The van der Waals surface area contributed by atoms with E-state index in [-0.39, 0.29) is 17.8 Å². The standard InChI is InChI=1S/C13H9F5N2/c14-10-3-1-2-8(12(10)15)6-19-9-4-5-11(20-7-9)13(16,17)18/h1-5,7,19H,6H2. The second-order valence-corrected chi connectivity index (χ2v) is 4.00. The molecule has 0 aliphatic carbocycles. The summed E-state index contributed by atoms with van der Waals surface area (Å²) in [6, 6.07) is 5.69. The first-order valence-electron chi connectivity index (χ1n) is 5.58. The molecule has 0 aliphatic rings. The third-order valence-corrected chi connectivity index (χ3v) is 2.57. The molecule has 0 saturated heterocycles. The molecule has 2 rings (SSSR count). The number of nitrogens with one attached hydrogen (secondary N) is 1. The van der Waals surface area contributed by atoms with Crippen LogP contribution in [0, 0.1) is 11.6 Å². The lowest BCUT2D eigenvalue weighted by atomic mass is 10.2. The minimum absolute atomic E-state index is 0.0589. The Balaban J connectivity index is 2.06. The summed E-state index contributed by atoms with van der Waals surface area (Å²) in [6.07, 6.45) is -3.52. The van der Waals surface area contributed by atoms with Gasteiger partial charge in [0.1, 0.15) is 5.69 Å². The number of aromatic nitrogens is 1. The van der Waals surface area contributed by atoms with Gasteiger partial charge in [0.2, 0.25) is 0 Å². The van der Waals surface area contributed by atoms with Crippen LogP contribution in [-0.2, 0) is 12.7 Å². The van der Waals surface area contributed by atoms with E-state index in [1.54, 1.807) is 0 Å². The van der Waals surface area contributed by atoms with Gasteiger partial charge in [0.25, 0.3) is 0 Å². The van der Waals surface area contributed by atoms with E-state index in [1.807, 2.05) is 0 Å². The zero-order chi connectivity index (χ0) is 14.8. The molecule has 20 heavy (non-hydrogen) atoms. The smallest absolute Gasteiger partial charge is 0.380 e. The molecule has 0 radical (unpaired) electrons. The fourth-order valence-electron chi connectivity index (χ4n) is 1.55. The summed E-state index contributed by atoms with van der Waals surface area (Å²) in [5.41, 5.74) is -0.661. The molecule has 1 N–H and O–H groups in total. The lowest BCUT2D eigenvalue weighted by Crippen LogP contribution is -2.08. The molecule has 0 unspecified atom stereocenters. The van der Waals surface area contributed by atoms with Crippen molar-refractivity contribution in [2.24, 2.45) is 0 Å². The van der Waals surface area contributed by atoms with E-state index in [9.17, 15) is 22.0 Å². The molecule has 0 spiro atoms. The van der Waals surface area contributed by atoms with Crippen molar-refractivity contribution in [1.82, 2.24) is 4.98 Å². The Morgan fingerprint density at radius 3 is 2.40 bits per heavy atom. The highest BCUT2D eigenvalue weighted by Crippen LogP contribution is 2.27. The number of pyridine rings is 1. The fraction of sp³-hybridized carbons (Fsp3) is 0.154. The summed E-state index contributed by atoms with van der Waals surface area (Å²) in [5.74, 6) is -1.96. The number of anilines is 1. The molecule has 2 aromatic rings. The number of benzene rings is 1. The third-order valence-electron chi connectivity index (χ3n) is 2.57. The number of hydrogen-bond donors (Lipinski definition) is 1. The second-order valence-electron chi connectivity index (χ2n) is 4.00. The van der Waals surface area contributed by atoms with Crippen molar-refractivity contribution >= 4 is 5.69 Å². The molecule has 1 aromatic carbocycles. The Morgan fingerprint density at radius 1 is 1.05 bits per heavy atom. The minimum atomic E-state index is -4.51. The van der Waals surface area contributed by atoms with Crippen LogP contribution in [0.4, 0.5) is 27.6 Å². The number of alkyl halides is 3. The normalized spacial score (nSPS) is 11.4. The zero-order valence-electron chi connectivity index (χ0n) is 10.0. The van der Waals surface area contributed by atoms with Crippen LogP contribution >= 0.6 is 0 Å². The quantitative estimate of drug-likeness (QED) is 0.864. The minimum Gasteiger partial charge on any atom is -0.380 e. The van der Waals surface area contributed by atoms with E-state index >= 15 is 0 Å². The van der Waals surface area contributed by atoms with Crippen LogP contribution < -0.4 is 5.32 Å². The Labute approximate surface area is 111 Å². The molecule has 0 aliphatic heterocycles. The van der Waals surface area contributed by atoms with Gasteiger partial charge in [-0.1, -0.05) is 12.1 Å². The van der Waals surface area contributed by atoms with E-state index in [2.05, 4.69) is 10.3 Å². The molecule has 2 nitrogen and oxygen atoms in total. The average molecular weight is 288 g/mol. The number of rotatable bonds is 3. The fourth-order valence-corrected chi connectivity index (χ4v) is 1.55. The van der Waals surface area contributed by atoms with Gasteiger partial charge in [-0.2, -0.15) is 13.2 Å². The van der Waals surface area contributed by atoms with Gasteiger partial charge >= 0.3 is 6.18 Å². The van der Waals surface area contributed by atoms with Gasteiger partial charge < -0.3 is 5.32 Å². The molecule has 106 valence electrons. The van der Waals surface area contributed by atoms with Crippen molar-refractivity contribution < 1.29 is 22.0 Å². The van der Waals surface area contributed by atoms with Crippen molar-refractivity contribution in [3.8, 4) is 0 Å². The Bertz CT molecular complexity index is 593. The summed E-state index contributed by atoms with van der Waals surface area (Å²) in [7, 11) is 0. The van der Waals surface area contributed by atoms with Gasteiger partial charge in [-0.3, -0.25) is 0 Å². The highest BCUT2D eigenvalue weighted by Gasteiger charge is 2.31. The molecule has 0 amide bonds. The van der Waals surface area contributed by atoms with Crippen molar-refractivity contribution in [2.45, 2.75) is 12.7 Å². The Kier molecular flexibility index (Phi) is 3.87. The number of halogens is 5. The van der Waals surface area contributed by atoms with E-state index in [1.165, 1.54) is 18.2 Å². The van der Waals surface area contributed by atoms with E-state index in [0.717, 1.165) is 18.3 Å². The second kappa shape index (κ2) is 5.44. The summed E-state index contributed by atoms with van der Waals surface area (Å²) < 4.78 is 63.2. The zero-order valence-corrected chi connectivity index (χ0v) is 10.0. The molecular formula is C13H9F5N2. The average Bonchev–Trinajstić information content (AvgIpc) is 2.40. The van der Waals surface area contributed by atoms with Crippen molar-refractivity contribution in [3.05, 3.63) is 59.4 Å². The van der Waals surface area contributed by atoms with Crippen molar-refractivity contribution in [3.63, 3.8) is 0 Å². The van der Waals surface area contributed by atoms with E-state index in [0.29, 0.717) is 0 Å². The van der Waals surface area contributed by atoms with Crippen LogP contribution in [-0.4, -0.2) is 4.98 Å². The van der Waals surface area contributed by atoms with Gasteiger partial charge in [-0.05, 0) is 18.2 Å². The maximum absolute atomic E-state index is 13.3. The lowest BCUT2D eigenvalue weighted by Gasteiger charge is -2.09. The lowest BCUT2D eigenvalue weighted by molar-refractivity contribution is -0.141. The predicted octanol–water partition coefficient (Wildman–Crippen LogP) is 3.99. The first kappa shape index (κ1) is 14.2. The summed E-state index contributed by atoms with van der Waals surface area (Å²) in [5, 5.41) is 2.67. The van der Waals surface area contributed by atoms with Crippen LogP contribution in [0.3, 0.4) is 0 Å².